The first-order valence-electron chi connectivity index (χ1n) is 2.55. The molecule has 0 aromatic carbocycles. The van der Waals surface area contributed by atoms with Crippen molar-refractivity contribution >= 4 is 11.8 Å². The van der Waals surface area contributed by atoms with E-state index in [2.05, 4.69) is 5.10 Å². The summed E-state index contributed by atoms with van der Waals surface area (Å²) in [7, 11) is 0. The van der Waals surface area contributed by atoms with E-state index in [1.807, 2.05) is 12.3 Å². The van der Waals surface area contributed by atoms with E-state index in [1.165, 1.54) is 4.68 Å². The Morgan fingerprint density at radius 2 is 2.67 bits per heavy atom. The zero-order chi connectivity index (χ0) is 6.69. The van der Waals surface area contributed by atoms with Crippen LogP contribution in [0.3, 0.4) is 0 Å². The first-order valence-corrected chi connectivity index (χ1v) is 3.77. The molecule has 0 spiro atoms. The van der Waals surface area contributed by atoms with Gasteiger partial charge in [0, 0.05) is 6.20 Å². The van der Waals surface area contributed by atoms with Crippen molar-refractivity contribution in [3.8, 4) is 0 Å². The van der Waals surface area contributed by atoms with Crippen LogP contribution in [0.1, 0.15) is 0 Å². The summed E-state index contributed by atoms with van der Waals surface area (Å²) in [5.74, 6) is 0. The van der Waals surface area contributed by atoms with Crippen LogP contribution in [0, 0.1) is 0 Å². The van der Waals surface area contributed by atoms with Crippen molar-refractivity contribution in [1.29, 1.82) is 0 Å². The van der Waals surface area contributed by atoms with Gasteiger partial charge >= 0.3 is 0 Å². The molecule has 0 amide bonds. The van der Waals surface area contributed by atoms with Crippen molar-refractivity contribution < 1.29 is 5.11 Å². The number of thioether (sulfide) groups is 1. The quantitative estimate of drug-likeness (QED) is 0.616. The third-order valence-electron chi connectivity index (χ3n) is 0.970. The third-order valence-corrected chi connectivity index (χ3v) is 1.61. The number of hydrogen-bond acceptors (Lipinski definition) is 3. The molecule has 50 valence electrons. The van der Waals surface area contributed by atoms with Crippen LogP contribution in [0.4, 0.5) is 0 Å². The highest BCUT2D eigenvalue weighted by molar-refractivity contribution is 7.98. The van der Waals surface area contributed by atoms with Crippen molar-refractivity contribution in [2.75, 3.05) is 6.26 Å². The van der Waals surface area contributed by atoms with Gasteiger partial charge in [-0.05, 0) is 12.3 Å². The first kappa shape index (κ1) is 6.64. The Morgan fingerprint density at radius 1 is 1.89 bits per heavy atom. The minimum atomic E-state index is -0.0411. The van der Waals surface area contributed by atoms with Crippen LogP contribution in [0.25, 0.3) is 0 Å². The number of aliphatic hydroxyl groups is 1. The lowest BCUT2D eigenvalue weighted by molar-refractivity contribution is 0.193. The summed E-state index contributed by atoms with van der Waals surface area (Å²) in [5.41, 5.74) is 0. The molecule has 3 nitrogen and oxygen atoms in total. The van der Waals surface area contributed by atoms with E-state index < -0.39 is 0 Å². The lowest BCUT2D eigenvalue weighted by atomic mass is 10.7. The predicted molar refractivity (Wildman–Crippen MR) is 36.2 cm³/mol. The molecule has 0 bridgehead atoms. The molecule has 1 aromatic rings. The molecular formula is C5H8N2OS. The number of nitrogens with zero attached hydrogens (tertiary/aromatic N) is 2. The molecule has 4 heteroatoms. The van der Waals surface area contributed by atoms with Gasteiger partial charge in [-0.2, -0.15) is 5.10 Å². The molecule has 0 aliphatic rings. The van der Waals surface area contributed by atoms with E-state index in [1.54, 1.807) is 18.0 Å². The standard InChI is InChI=1S/C5H8N2OS/c1-9-5-2-3-7(4-8)6-5/h2-3,8H,4H2,1H3. The fraction of sp³-hybridized carbons (Fsp3) is 0.400. The molecule has 1 rings (SSSR count). The Hall–Kier alpha value is -0.480. The molecular weight excluding hydrogens is 136 g/mol. The third kappa shape index (κ3) is 1.46. The number of rotatable bonds is 2. The van der Waals surface area contributed by atoms with Gasteiger partial charge in [0.05, 0.1) is 0 Å². The van der Waals surface area contributed by atoms with Crippen molar-refractivity contribution in [3.63, 3.8) is 0 Å². The van der Waals surface area contributed by atoms with Gasteiger partial charge in [-0.3, -0.25) is 0 Å². The number of aliphatic hydroxyl groups excluding tert-OH is 1. The summed E-state index contributed by atoms with van der Waals surface area (Å²) in [4.78, 5) is 0. The molecule has 0 atom stereocenters. The van der Waals surface area contributed by atoms with Crippen LogP contribution >= 0.6 is 11.8 Å². The molecule has 0 saturated carbocycles. The van der Waals surface area contributed by atoms with Crippen LogP contribution in [-0.2, 0) is 6.73 Å². The van der Waals surface area contributed by atoms with Crippen LogP contribution in [-0.4, -0.2) is 21.1 Å². The van der Waals surface area contributed by atoms with E-state index >= 15 is 0 Å². The monoisotopic (exact) mass is 144 g/mol. The maximum atomic E-state index is 8.54. The second-order valence-corrected chi connectivity index (χ2v) is 2.37. The van der Waals surface area contributed by atoms with Crippen molar-refractivity contribution in [3.05, 3.63) is 12.3 Å². The maximum absolute atomic E-state index is 8.54. The Balaban J connectivity index is 2.74. The van der Waals surface area contributed by atoms with Gasteiger partial charge in [0.15, 0.2) is 0 Å². The topological polar surface area (TPSA) is 38.0 Å². The average Bonchev–Trinajstić information content (AvgIpc) is 2.34. The zero-order valence-electron chi connectivity index (χ0n) is 5.11. The highest BCUT2D eigenvalue weighted by Crippen LogP contribution is 2.08. The minimum Gasteiger partial charge on any atom is -0.374 e. The Labute approximate surface area is 57.7 Å². The van der Waals surface area contributed by atoms with Gasteiger partial charge in [0.2, 0.25) is 0 Å². The minimum absolute atomic E-state index is 0.0411. The fourth-order valence-corrected chi connectivity index (χ4v) is 0.914. The van der Waals surface area contributed by atoms with E-state index in [9.17, 15) is 0 Å². The fourth-order valence-electron chi connectivity index (χ4n) is 0.531. The van der Waals surface area contributed by atoms with Gasteiger partial charge in [-0.1, -0.05) is 0 Å². The van der Waals surface area contributed by atoms with Crippen LogP contribution < -0.4 is 0 Å². The summed E-state index contributed by atoms with van der Waals surface area (Å²) < 4.78 is 1.48. The average molecular weight is 144 g/mol. The molecule has 1 heterocycles. The number of hydrogen-bond donors (Lipinski definition) is 1. The largest absolute Gasteiger partial charge is 0.374 e. The van der Waals surface area contributed by atoms with Crippen molar-refractivity contribution in [1.82, 2.24) is 9.78 Å². The van der Waals surface area contributed by atoms with Gasteiger partial charge in [-0.15, -0.1) is 11.8 Å². The molecule has 0 unspecified atom stereocenters. The zero-order valence-corrected chi connectivity index (χ0v) is 5.93. The van der Waals surface area contributed by atoms with Crippen molar-refractivity contribution in [2.24, 2.45) is 0 Å². The Bertz CT molecular complexity index is 168. The molecule has 0 fully saturated rings. The van der Waals surface area contributed by atoms with Crippen LogP contribution in [0.15, 0.2) is 17.3 Å². The molecule has 0 saturated heterocycles. The summed E-state index contributed by atoms with van der Waals surface area (Å²) in [6, 6.07) is 1.86. The van der Waals surface area contributed by atoms with E-state index in [0.29, 0.717) is 0 Å². The van der Waals surface area contributed by atoms with Gasteiger partial charge < -0.3 is 5.11 Å². The summed E-state index contributed by atoms with van der Waals surface area (Å²) in [5, 5.41) is 13.4. The van der Waals surface area contributed by atoms with E-state index in [-0.39, 0.29) is 6.73 Å². The highest BCUT2D eigenvalue weighted by atomic mass is 32.2. The second kappa shape index (κ2) is 2.89. The second-order valence-electron chi connectivity index (χ2n) is 1.54. The summed E-state index contributed by atoms with van der Waals surface area (Å²) >= 11 is 1.56. The van der Waals surface area contributed by atoms with Crippen LogP contribution in [0.5, 0.6) is 0 Å². The van der Waals surface area contributed by atoms with E-state index in [4.69, 9.17) is 5.11 Å². The molecule has 0 aliphatic carbocycles. The van der Waals surface area contributed by atoms with Gasteiger partial charge in [-0.25, -0.2) is 4.68 Å². The molecule has 1 aromatic heterocycles. The predicted octanol–water partition coefficient (Wildman–Crippen LogP) is 0.555. The molecule has 9 heavy (non-hydrogen) atoms. The van der Waals surface area contributed by atoms with Gasteiger partial charge in [0.25, 0.3) is 0 Å². The maximum Gasteiger partial charge on any atom is 0.136 e. The first-order chi connectivity index (χ1) is 4.36. The Kier molecular flexibility index (Phi) is 2.13. The molecule has 0 aliphatic heterocycles. The lowest BCUT2D eigenvalue weighted by Crippen LogP contribution is -1.95. The molecule has 1 N–H and O–H groups in total. The van der Waals surface area contributed by atoms with Gasteiger partial charge in [0.1, 0.15) is 11.8 Å². The normalized spacial score (nSPS) is 10.0. The highest BCUT2D eigenvalue weighted by Gasteiger charge is 1.92. The Morgan fingerprint density at radius 3 is 3.00 bits per heavy atom. The molecule has 0 radical (unpaired) electrons. The summed E-state index contributed by atoms with van der Waals surface area (Å²) in [6.07, 6.45) is 3.69. The van der Waals surface area contributed by atoms with Crippen molar-refractivity contribution in [2.45, 2.75) is 11.8 Å². The smallest absolute Gasteiger partial charge is 0.136 e. The summed E-state index contributed by atoms with van der Waals surface area (Å²) in [6.45, 7) is -0.0411. The SMILES string of the molecule is CSc1ccn(CO)n1. The number of aromatic nitrogens is 2. The lowest BCUT2D eigenvalue weighted by Gasteiger charge is -1.89. The van der Waals surface area contributed by atoms with E-state index in [0.717, 1.165) is 5.03 Å². The van der Waals surface area contributed by atoms with Crippen LogP contribution in [0.2, 0.25) is 0 Å².